The molecular weight excluding hydrogens is 334 g/mol. The van der Waals surface area contributed by atoms with E-state index in [1.54, 1.807) is 11.1 Å². The van der Waals surface area contributed by atoms with Crippen molar-refractivity contribution in [3.8, 4) is 0 Å². The first-order chi connectivity index (χ1) is 13.2. The van der Waals surface area contributed by atoms with Gasteiger partial charge in [-0.15, -0.1) is 0 Å². The van der Waals surface area contributed by atoms with Gasteiger partial charge in [0.1, 0.15) is 5.82 Å². The van der Waals surface area contributed by atoms with Crippen LogP contribution < -0.4 is 4.90 Å². The topological polar surface area (TPSA) is 36.7 Å². The Labute approximate surface area is 160 Å². The highest BCUT2D eigenvalue weighted by molar-refractivity contribution is 5.52. The summed E-state index contributed by atoms with van der Waals surface area (Å²) in [5, 5.41) is 4.66. The predicted octanol–water partition coefficient (Wildman–Crippen LogP) is 3.03. The molecule has 1 atom stereocenters. The molecule has 2 aliphatic rings. The van der Waals surface area contributed by atoms with Gasteiger partial charge in [-0.1, -0.05) is 24.3 Å². The van der Waals surface area contributed by atoms with Crippen LogP contribution in [0.4, 0.5) is 5.82 Å². The van der Waals surface area contributed by atoms with Gasteiger partial charge < -0.3 is 4.90 Å². The highest BCUT2D eigenvalue weighted by atomic mass is 15.4. The maximum atomic E-state index is 4.66. The molecule has 1 fully saturated rings. The average Bonchev–Trinajstić information content (AvgIpc) is 3.07. The third kappa shape index (κ3) is 3.10. The molecule has 5 heteroatoms. The van der Waals surface area contributed by atoms with Gasteiger partial charge in [-0.05, 0) is 44.2 Å². The Kier molecular flexibility index (Phi) is 4.12. The first-order valence-corrected chi connectivity index (χ1v) is 10.1. The molecule has 3 aromatic rings. The summed E-state index contributed by atoms with van der Waals surface area (Å²) in [5.74, 6) is 1.18. The van der Waals surface area contributed by atoms with Gasteiger partial charge in [0.2, 0.25) is 0 Å². The molecule has 5 nitrogen and oxygen atoms in total. The Bertz CT molecular complexity index is 968. The lowest BCUT2D eigenvalue weighted by Crippen LogP contribution is -2.52. The Hall–Kier alpha value is -2.40. The number of anilines is 1. The van der Waals surface area contributed by atoms with Gasteiger partial charge >= 0.3 is 0 Å². The molecular formula is C22H27N5. The highest BCUT2D eigenvalue weighted by Gasteiger charge is 2.28. The van der Waals surface area contributed by atoms with E-state index in [0.717, 1.165) is 43.2 Å². The molecule has 0 saturated carbocycles. The lowest BCUT2D eigenvalue weighted by atomic mass is 9.87. The molecule has 1 aliphatic carbocycles. The Balaban J connectivity index is 1.31. The summed E-state index contributed by atoms with van der Waals surface area (Å²) in [6.45, 7) is 8.45. The molecule has 0 radical (unpaired) electrons. The van der Waals surface area contributed by atoms with Crippen molar-refractivity contribution in [2.24, 2.45) is 0 Å². The summed E-state index contributed by atoms with van der Waals surface area (Å²) >= 11 is 0. The van der Waals surface area contributed by atoms with Crippen molar-refractivity contribution in [2.45, 2.75) is 39.2 Å². The summed E-state index contributed by atoms with van der Waals surface area (Å²) in [6.07, 6.45) is 3.71. The molecule has 1 aliphatic heterocycles. The molecule has 27 heavy (non-hydrogen) atoms. The van der Waals surface area contributed by atoms with Crippen LogP contribution in [0.25, 0.3) is 5.65 Å². The molecule has 0 amide bonds. The number of hydrogen-bond donors (Lipinski definition) is 0. The number of benzene rings is 1. The van der Waals surface area contributed by atoms with Gasteiger partial charge in [0.05, 0.1) is 5.69 Å². The molecule has 0 N–H and O–H groups in total. The lowest BCUT2D eigenvalue weighted by molar-refractivity contribution is 0.169. The number of nitrogens with zero attached hydrogens (tertiary/aromatic N) is 5. The van der Waals surface area contributed by atoms with Crippen LogP contribution in [0.5, 0.6) is 0 Å². The summed E-state index contributed by atoms with van der Waals surface area (Å²) in [6, 6.07) is 13.9. The molecule has 0 bridgehead atoms. The number of rotatable bonds is 2. The van der Waals surface area contributed by atoms with Gasteiger partial charge in [-0.2, -0.15) is 9.61 Å². The van der Waals surface area contributed by atoms with Crippen molar-refractivity contribution < 1.29 is 0 Å². The van der Waals surface area contributed by atoms with E-state index in [2.05, 4.69) is 63.2 Å². The molecule has 1 aromatic carbocycles. The van der Waals surface area contributed by atoms with Gasteiger partial charge in [0.25, 0.3) is 0 Å². The highest BCUT2D eigenvalue weighted by Crippen LogP contribution is 2.26. The van der Waals surface area contributed by atoms with E-state index in [4.69, 9.17) is 0 Å². The van der Waals surface area contributed by atoms with Crippen LogP contribution >= 0.6 is 0 Å². The third-order valence-electron chi connectivity index (χ3n) is 6.13. The second-order valence-electron chi connectivity index (χ2n) is 8.00. The zero-order valence-electron chi connectivity index (χ0n) is 16.2. The summed E-state index contributed by atoms with van der Waals surface area (Å²) in [4.78, 5) is 9.80. The Morgan fingerprint density at radius 3 is 2.52 bits per heavy atom. The largest absolute Gasteiger partial charge is 0.354 e. The van der Waals surface area contributed by atoms with Crippen molar-refractivity contribution in [3.63, 3.8) is 0 Å². The minimum atomic E-state index is 0.688. The Morgan fingerprint density at radius 2 is 1.70 bits per heavy atom. The second-order valence-corrected chi connectivity index (χ2v) is 8.00. The van der Waals surface area contributed by atoms with Crippen LogP contribution in [0.3, 0.4) is 0 Å². The maximum absolute atomic E-state index is 4.66. The van der Waals surface area contributed by atoms with E-state index in [9.17, 15) is 0 Å². The van der Waals surface area contributed by atoms with Gasteiger partial charge in [0, 0.05) is 50.0 Å². The number of fused-ring (bicyclic) bond motifs is 2. The SMILES string of the molecule is Cc1cc(N2CCN([C@H]3CCc4ccccc4C3)CC2)n2nc(C)cc2n1. The molecule has 3 heterocycles. The van der Waals surface area contributed by atoms with Crippen molar-refractivity contribution in [2.75, 3.05) is 31.1 Å². The van der Waals surface area contributed by atoms with Crippen molar-refractivity contribution >= 4 is 11.5 Å². The van der Waals surface area contributed by atoms with Crippen molar-refractivity contribution in [1.82, 2.24) is 19.5 Å². The predicted molar refractivity (Wildman–Crippen MR) is 109 cm³/mol. The Morgan fingerprint density at radius 1 is 0.926 bits per heavy atom. The van der Waals surface area contributed by atoms with E-state index in [-0.39, 0.29) is 0 Å². The smallest absolute Gasteiger partial charge is 0.157 e. The quantitative estimate of drug-likeness (QED) is 0.703. The fraction of sp³-hybridized carbons (Fsp3) is 0.455. The van der Waals surface area contributed by atoms with Crippen LogP contribution in [0.1, 0.15) is 28.9 Å². The van der Waals surface area contributed by atoms with E-state index in [1.807, 2.05) is 11.4 Å². The lowest BCUT2D eigenvalue weighted by Gasteiger charge is -2.41. The minimum absolute atomic E-state index is 0.688. The molecule has 0 spiro atoms. The fourth-order valence-corrected chi connectivity index (χ4v) is 4.73. The second kappa shape index (κ2) is 6.64. The first-order valence-electron chi connectivity index (χ1n) is 10.1. The standard InChI is InChI=1S/C22H27N5/c1-16-14-22(27-21(23-16)13-17(2)24-27)26-11-9-25(10-12-26)20-8-7-18-5-3-4-6-19(18)15-20/h3-6,13-14,20H,7-12,15H2,1-2H3/t20-/m0/s1. The molecule has 1 saturated heterocycles. The number of hydrogen-bond acceptors (Lipinski definition) is 4. The number of piperazine rings is 1. The van der Waals surface area contributed by atoms with E-state index >= 15 is 0 Å². The molecule has 0 unspecified atom stereocenters. The van der Waals surface area contributed by atoms with Crippen LogP contribution in [0.2, 0.25) is 0 Å². The van der Waals surface area contributed by atoms with Crippen LogP contribution in [-0.2, 0) is 12.8 Å². The maximum Gasteiger partial charge on any atom is 0.157 e. The normalized spacial score (nSPS) is 20.8. The van der Waals surface area contributed by atoms with Crippen LogP contribution in [0, 0.1) is 13.8 Å². The molecule has 2 aromatic heterocycles. The van der Waals surface area contributed by atoms with Crippen molar-refractivity contribution in [1.29, 1.82) is 0 Å². The molecule has 5 rings (SSSR count). The minimum Gasteiger partial charge on any atom is -0.354 e. The van der Waals surface area contributed by atoms with Crippen LogP contribution in [0.15, 0.2) is 36.4 Å². The van der Waals surface area contributed by atoms with E-state index in [1.165, 1.54) is 25.1 Å². The summed E-state index contributed by atoms with van der Waals surface area (Å²) in [7, 11) is 0. The van der Waals surface area contributed by atoms with Crippen molar-refractivity contribution in [3.05, 3.63) is 58.9 Å². The van der Waals surface area contributed by atoms with E-state index < -0.39 is 0 Å². The zero-order chi connectivity index (χ0) is 18.4. The van der Waals surface area contributed by atoms with E-state index in [0.29, 0.717) is 6.04 Å². The van der Waals surface area contributed by atoms with Crippen LogP contribution in [-0.4, -0.2) is 51.7 Å². The summed E-state index contributed by atoms with van der Waals surface area (Å²) < 4.78 is 2.01. The van der Waals surface area contributed by atoms with Gasteiger partial charge in [0.15, 0.2) is 5.65 Å². The number of aryl methyl sites for hydroxylation is 3. The summed E-state index contributed by atoms with van der Waals surface area (Å²) in [5.41, 5.74) is 6.14. The zero-order valence-corrected chi connectivity index (χ0v) is 16.2. The van der Waals surface area contributed by atoms with Gasteiger partial charge in [-0.3, -0.25) is 4.90 Å². The number of aromatic nitrogens is 3. The monoisotopic (exact) mass is 361 g/mol. The fourth-order valence-electron chi connectivity index (χ4n) is 4.73. The molecule has 140 valence electrons. The third-order valence-corrected chi connectivity index (χ3v) is 6.13. The average molecular weight is 361 g/mol. The first kappa shape index (κ1) is 16.8. The van der Waals surface area contributed by atoms with Gasteiger partial charge in [-0.25, -0.2) is 4.98 Å².